The summed E-state index contributed by atoms with van der Waals surface area (Å²) in [5, 5.41) is 8.88. The van der Waals surface area contributed by atoms with Crippen molar-refractivity contribution < 1.29 is 23.1 Å². The lowest BCUT2D eigenvalue weighted by Crippen LogP contribution is -2.38. The minimum atomic E-state index is -3.98. The summed E-state index contributed by atoms with van der Waals surface area (Å²) in [6, 6.07) is 10.3. The summed E-state index contributed by atoms with van der Waals surface area (Å²) in [5.74, 6) is -1.05. The Hall–Kier alpha value is -2.52. The number of nitrogens with zero attached hydrogens (tertiary/aromatic N) is 2. The van der Waals surface area contributed by atoms with Gasteiger partial charge in [-0.2, -0.15) is 0 Å². The van der Waals surface area contributed by atoms with Crippen molar-refractivity contribution in [3.63, 3.8) is 0 Å². The Morgan fingerprint density at radius 2 is 2.04 bits per heavy atom. The van der Waals surface area contributed by atoms with Crippen molar-refractivity contribution in [2.75, 3.05) is 28.5 Å². The average Bonchev–Trinajstić information content (AvgIpc) is 2.64. The normalized spacial score (nSPS) is 15.2. The summed E-state index contributed by atoms with van der Waals surface area (Å²) >= 11 is 6.21. The number of nitrogens with one attached hydrogen (secondary N) is 1. The third-order valence-electron chi connectivity index (χ3n) is 4.23. The molecule has 1 aliphatic heterocycles. The molecule has 0 spiro atoms. The molecule has 1 aromatic heterocycles. The fourth-order valence-corrected chi connectivity index (χ4v) is 4.07. The van der Waals surface area contributed by atoms with Crippen molar-refractivity contribution in [1.29, 1.82) is 0 Å². The molecule has 0 unspecified atom stereocenters. The number of aromatic nitrogens is 1. The van der Waals surface area contributed by atoms with Crippen molar-refractivity contribution in [1.82, 2.24) is 4.98 Å². The predicted molar refractivity (Wildman–Crippen MR) is 107 cm³/mol. The van der Waals surface area contributed by atoms with Gasteiger partial charge in [0.1, 0.15) is 17.7 Å². The average molecular weight is 426 g/mol. The number of carbonyl (C=O) groups is 1. The van der Waals surface area contributed by atoms with E-state index in [9.17, 15) is 13.2 Å². The van der Waals surface area contributed by atoms with Crippen LogP contribution in [0.4, 0.5) is 11.5 Å². The molecule has 0 amide bonds. The molecule has 28 heavy (non-hydrogen) atoms. The van der Waals surface area contributed by atoms with Crippen LogP contribution in [0.15, 0.2) is 42.6 Å². The van der Waals surface area contributed by atoms with E-state index >= 15 is 0 Å². The third kappa shape index (κ3) is 5.49. The first kappa shape index (κ1) is 20.2. The molecule has 1 aromatic carbocycles. The van der Waals surface area contributed by atoms with E-state index in [0.717, 1.165) is 31.7 Å². The Balaban J connectivity index is 1.58. The van der Waals surface area contributed by atoms with E-state index in [1.807, 2.05) is 18.2 Å². The van der Waals surface area contributed by atoms with Crippen LogP contribution in [-0.4, -0.2) is 49.4 Å². The smallest absolute Gasteiger partial charge is 0.320 e. The quantitative estimate of drug-likeness (QED) is 0.701. The number of sulfonamides is 1. The second kappa shape index (κ2) is 8.66. The first-order valence-corrected chi connectivity index (χ1v) is 10.7. The number of rotatable bonds is 7. The molecular weight excluding hydrogens is 406 g/mol. The number of carboxylic acids is 1. The lowest BCUT2D eigenvalue weighted by Gasteiger charge is -2.33. The highest BCUT2D eigenvalue weighted by Gasteiger charge is 2.22. The Morgan fingerprint density at radius 1 is 1.29 bits per heavy atom. The van der Waals surface area contributed by atoms with Gasteiger partial charge >= 0.3 is 5.97 Å². The summed E-state index contributed by atoms with van der Waals surface area (Å²) in [5.41, 5.74) is 0.184. The van der Waals surface area contributed by atoms with E-state index in [2.05, 4.69) is 14.6 Å². The maximum Gasteiger partial charge on any atom is 0.320 e. The number of aliphatic carboxylic acids is 1. The third-order valence-corrected chi connectivity index (χ3v) is 5.70. The first-order valence-electron chi connectivity index (χ1n) is 8.67. The molecule has 2 heterocycles. The van der Waals surface area contributed by atoms with E-state index in [-0.39, 0.29) is 16.8 Å². The Labute approximate surface area is 168 Å². The zero-order chi connectivity index (χ0) is 20.1. The summed E-state index contributed by atoms with van der Waals surface area (Å²) in [6.45, 7) is 1.62. The summed E-state index contributed by atoms with van der Waals surface area (Å²) in [7, 11) is -3.98. The maximum atomic E-state index is 11.7. The van der Waals surface area contributed by atoms with Crippen LogP contribution in [0.3, 0.4) is 0 Å². The monoisotopic (exact) mass is 425 g/mol. The number of benzene rings is 1. The van der Waals surface area contributed by atoms with Gasteiger partial charge in [-0.15, -0.1) is 0 Å². The van der Waals surface area contributed by atoms with Crippen LogP contribution in [0, 0.1) is 0 Å². The number of piperidine rings is 1. The summed E-state index contributed by atoms with van der Waals surface area (Å²) in [6.07, 6.45) is 3.37. The number of carboxylic acid groups (broad SMARTS) is 1. The lowest BCUT2D eigenvalue weighted by molar-refractivity contribution is -0.134. The van der Waals surface area contributed by atoms with Crippen molar-refractivity contribution in [3.8, 4) is 5.75 Å². The molecule has 0 aliphatic carbocycles. The zero-order valence-electron chi connectivity index (χ0n) is 14.9. The molecule has 0 bridgehead atoms. The molecule has 2 aromatic rings. The van der Waals surface area contributed by atoms with Gasteiger partial charge in [0.25, 0.3) is 0 Å². The van der Waals surface area contributed by atoms with Crippen LogP contribution in [0.25, 0.3) is 0 Å². The van der Waals surface area contributed by atoms with Gasteiger partial charge in [-0.25, -0.2) is 13.4 Å². The fourth-order valence-electron chi connectivity index (χ4n) is 2.96. The molecule has 1 fully saturated rings. The van der Waals surface area contributed by atoms with Crippen LogP contribution in [0.5, 0.6) is 5.75 Å². The maximum absolute atomic E-state index is 11.7. The predicted octanol–water partition coefficient (Wildman–Crippen LogP) is 2.61. The van der Waals surface area contributed by atoms with Gasteiger partial charge in [0.15, 0.2) is 5.75 Å². The van der Waals surface area contributed by atoms with Gasteiger partial charge in [-0.1, -0.05) is 17.7 Å². The standard InChI is InChI=1S/C18H20ClN3O5S/c19-15-11-13(21-28(25,26)12-18(23)24)4-5-16(15)27-14-6-9-22(10-7-14)17-3-1-2-8-20-17/h1-5,8,11,14,21H,6-7,9-10,12H2,(H,23,24). The van der Waals surface area contributed by atoms with Gasteiger partial charge in [0.2, 0.25) is 10.0 Å². The molecule has 0 saturated carbocycles. The minimum absolute atomic E-state index is 0.00739. The second-order valence-electron chi connectivity index (χ2n) is 6.39. The van der Waals surface area contributed by atoms with Crippen LogP contribution < -0.4 is 14.4 Å². The largest absolute Gasteiger partial charge is 0.489 e. The molecule has 1 saturated heterocycles. The molecular formula is C18H20ClN3O5S. The highest BCUT2D eigenvalue weighted by Crippen LogP contribution is 2.31. The van der Waals surface area contributed by atoms with E-state index in [1.165, 1.54) is 12.1 Å². The minimum Gasteiger partial charge on any atom is -0.489 e. The van der Waals surface area contributed by atoms with Gasteiger partial charge < -0.3 is 14.7 Å². The van der Waals surface area contributed by atoms with Crippen molar-refractivity contribution in [2.24, 2.45) is 0 Å². The second-order valence-corrected chi connectivity index (χ2v) is 8.52. The number of hydrogen-bond acceptors (Lipinski definition) is 6. The van der Waals surface area contributed by atoms with Crippen molar-refractivity contribution >= 4 is 39.1 Å². The molecule has 150 valence electrons. The Morgan fingerprint density at radius 3 is 2.64 bits per heavy atom. The van der Waals surface area contributed by atoms with Gasteiger partial charge in [-0.3, -0.25) is 9.52 Å². The molecule has 10 heteroatoms. The van der Waals surface area contributed by atoms with E-state index < -0.39 is 21.7 Å². The molecule has 8 nitrogen and oxygen atoms in total. The summed E-state index contributed by atoms with van der Waals surface area (Å²) in [4.78, 5) is 17.1. The van der Waals surface area contributed by atoms with Crippen LogP contribution >= 0.6 is 11.6 Å². The lowest BCUT2D eigenvalue weighted by atomic mass is 10.1. The number of halogens is 1. The van der Waals surface area contributed by atoms with Gasteiger partial charge in [0.05, 0.1) is 10.7 Å². The van der Waals surface area contributed by atoms with Crippen molar-refractivity contribution in [2.45, 2.75) is 18.9 Å². The SMILES string of the molecule is O=C(O)CS(=O)(=O)Nc1ccc(OC2CCN(c3ccccn3)CC2)c(Cl)c1. The van der Waals surface area contributed by atoms with E-state index in [1.54, 1.807) is 12.3 Å². The van der Waals surface area contributed by atoms with Gasteiger partial charge in [0, 0.05) is 32.1 Å². The highest BCUT2D eigenvalue weighted by atomic mass is 35.5. The van der Waals surface area contributed by atoms with Crippen molar-refractivity contribution in [3.05, 3.63) is 47.6 Å². The zero-order valence-corrected chi connectivity index (χ0v) is 16.5. The van der Waals surface area contributed by atoms with E-state index in [0.29, 0.717) is 5.75 Å². The fraction of sp³-hybridized carbons (Fsp3) is 0.333. The van der Waals surface area contributed by atoms with Crippen LogP contribution in [0.2, 0.25) is 5.02 Å². The number of pyridine rings is 1. The van der Waals surface area contributed by atoms with Crippen LogP contribution in [0.1, 0.15) is 12.8 Å². The molecule has 0 radical (unpaired) electrons. The molecule has 0 atom stereocenters. The molecule has 3 rings (SSSR count). The number of ether oxygens (including phenoxy) is 1. The summed E-state index contributed by atoms with van der Waals surface area (Å²) < 4.78 is 31.5. The number of hydrogen-bond donors (Lipinski definition) is 2. The molecule has 1 aliphatic rings. The van der Waals surface area contributed by atoms with Gasteiger partial charge in [-0.05, 0) is 30.3 Å². The first-order chi connectivity index (χ1) is 13.3. The Kier molecular flexibility index (Phi) is 6.25. The topological polar surface area (TPSA) is 109 Å². The highest BCUT2D eigenvalue weighted by molar-refractivity contribution is 7.93. The molecule has 2 N–H and O–H groups in total. The van der Waals surface area contributed by atoms with E-state index in [4.69, 9.17) is 21.4 Å². The Bertz CT molecular complexity index is 931. The van der Waals surface area contributed by atoms with Crippen LogP contribution in [-0.2, 0) is 14.8 Å². The number of anilines is 2.